The first-order valence-corrected chi connectivity index (χ1v) is 13.4. The molecule has 0 saturated carbocycles. The summed E-state index contributed by atoms with van der Waals surface area (Å²) in [4.78, 5) is 2.26. The fourth-order valence-electron chi connectivity index (χ4n) is 4.45. The maximum absolute atomic E-state index is 13.3. The van der Waals surface area contributed by atoms with Crippen LogP contribution in [0.2, 0.25) is 5.02 Å². The summed E-state index contributed by atoms with van der Waals surface area (Å²) >= 11 is 7.36. The van der Waals surface area contributed by atoms with Crippen molar-refractivity contribution in [1.29, 1.82) is 0 Å². The molecule has 174 valence electrons. The fraction of sp³-hybridized carbons (Fsp3) is 0.348. The predicted molar refractivity (Wildman–Crippen MR) is 129 cm³/mol. The highest BCUT2D eigenvalue weighted by Gasteiger charge is 2.29. The highest BCUT2D eigenvalue weighted by molar-refractivity contribution is 7.91. The molecule has 0 amide bonds. The number of aromatic nitrogens is 1. The van der Waals surface area contributed by atoms with Crippen molar-refractivity contribution in [3.05, 3.63) is 58.5 Å². The van der Waals surface area contributed by atoms with Gasteiger partial charge in [-0.2, -0.15) is 0 Å². The Labute approximate surface area is 200 Å². The Morgan fingerprint density at radius 1 is 1.27 bits per heavy atom. The predicted octanol–water partition coefficient (Wildman–Crippen LogP) is 5.13. The summed E-state index contributed by atoms with van der Waals surface area (Å²) < 4.78 is 48.9. The molecular formula is C23H23ClFN3O3S2. The van der Waals surface area contributed by atoms with Crippen LogP contribution < -0.4 is 4.72 Å². The first kappa shape index (κ1) is 22.7. The summed E-state index contributed by atoms with van der Waals surface area (Å²) in [5.41, 5.74) is 2.01. The van der Waals surface area contributed by atoms with Gasteiger partial charge in [0.1, 0.15) is 10.0 Å². The number of thiophene rings is 1. The van der Waals surface area contributed by atoms with Gasteiger partial charge in [-0.05, 0) is 80.6 Å². The van der Waals surface area contributed by atoms with Crippen molar-refractivity contribution < 1.29 is 17.3 Å². The molecule has 1 aliphatic rings. The summed E-state index contributed by atoms with van der Waals surface area (Å²) in [7, 11) is -3.61. The van der Waals surface area contributed by atoms with E-state index in [2.05, 4.69) is 14.8 Å². The topological polar surface area (TPSA) is 75.4 Å². The molecule has 33 heavy (non-hydrogen) atoms. The number of likely N-dealkylation sites (tertiary alicyclic amines) is 1. The summed E-state index contributed by atoms with van der Waals surface area (Å²) in [5, 5.41) is 6.38. The molecule has 1 saturated heterocycles. The van der Waals surface area contributed by atoms with Crippen LogP contribution in [0.15, 0.2) is 45.1 Å². The lowest BCUT2D eigenvalue weighted by Gasteiger charge is -2.16. The van der Waals surface area contributed by atoms with Crippen molar-refractivity contribution in [2.75, 3.05) is 19.6 Å². The van der Waals surface area contributed by atoms with Gasteiger partial charge < -0.3 is 9.42 Å². The van der Waals surface area contributed by atoms with Crippen molar-refractivity contribution in [2.45, 2.75) is 36.4 Å². The van der Waals surface area contributed by atoms with Crippen molar-refractivity contribution in [3.63, 3.8) is 0 Å². The molecule has 0 aliphatic carbocycles. The number of benzene rings is 2. The average molecular weight is 508 g/mol. The maximum Gasteiger partial charge on any atom is 0.250 e. The van der Waals surface area contributed by atoms with Crippen LogP contribution in [0.5, 0.6) is 0 Å². The van der Waals surface area contributed by atoms with Gasteiger partial charge in [-0.25, -0.2) is 17.5 Å². The normalized spacial score (nSPS) is 17.5. The maximum atomic E-state index is 13.3. The summed E-state index contributed by atoms with van der Waals surface area (Å²) in [5.74, 6) is -0.342. The van der Waals surface area contributed by atoms with E-state index in [0.29, 0.717) is 21.4 Å². The van der Waals surface area contributed by atoms with Crippen LogP contribution in [0.25, 0.3) is 21.1 Å². The molecule has 1 fully saturated rings. The van der Waals surface area contributed by atoms with Crippen LogP contribution in [-0.4, -0.2) is 44.2 Å². The molecule has 0 spiro atoms. The number of fused-ring (bicyclic) bond motifs is 2. The first-order valence-electron chi connectivity index (χ1n) is 10.8. The molecule has 0 bridgehead atoms. The molecule has 1 N–H and O–H groups in total. The lowest BCUT2D eigenvalue weighted by Crippen LogP contribution is -2.37. The highest BCUT2D eigenvalue weighted by Crippen LogP contribution is 2.35. The van der Waals surface area contributed by atoms with E-state index in [-0.39, 0.29) is 11.9 Å². The lowest BCUT2D eigenvalue weighted by atomic mass is 10.1. The Hall–Kier alpha value is -2.04. The number of rotatable bonds is 7. The zero-order valence-electron chi connectivity index (χ0n) is 18.0. The van der Waals surface area contributed by atoms with Gasteiger partial charge in [0.2, 0.25) is 0 Å². The van der Waals surface area contributed by atoms with Crippen molar-refractivity contribution in [1.82, 2.24) is 14.8 Å². The fourth-order valence-corrected chi connectivity index (χ4v) is 7.64. The Morgan fingerprint density at radius 2 is 2.12 bits per heavy atom. The molecule has 5 rings (SSSR count). The van der Waals surface area contributed by atoms with Crippen LogP contribution in [0.4, 0.5) is 4.39 Å². The van der Waals surface area contributed by atoms with E-state index in [0.717, 1.165) is 59.1 Å². The Morgan fingerprint density at radius 3 is 2.97 bits per heavy atom. The van der Waals surface area contributed by atoms with E-state index < -0.39 is 10.0 Å². The number of sulfonamides is 1. The number of nitrogens with zero attached hydrogens (tertiary/aromatic N) is 2. The Kier molecular flexibility index (Phi) is 6.17. The third kappa shape index (κ3) is 4.65. The lowest BCUT2D eigenvalue weighted by molar-refractivity contribution is 0.326. The van der Waals surface area contributed by atoms with Crippen molar-refractivity contribution in [2.24, 2.45) is 0 Å². The van der Waals surface area contributed by atoms with E-state index in [1.165, 1.54) is 23.5 Å². The van der Waals surface area contributed by atoms with Gasteiger partial charge in [0.15, 0.2) is 5.58 Å². The van der Waals surface area contributed by atoms with Crippen LogP contribution >= 0.6 is 22.9 Å². The van der Waals surface area contributed by atoms with E-state index in [1.54, 1.807) is 12.1 Å². The Bertz CT molecular complexity index is 1430. The molecule has 3 heterocycles. The number of nitrogens with one attached hydrogen (secondary N) is 1. The van der Waals surface area contributed by atoms with Crippen LogP contribution in [0.3, 0.4) is 0 Å². The monoisotopic (exact) mass is 507 g/mol. The number of aryl methyl sites for hydroxylation is 2. The van der Waals surface area contributed by atoms with E-state index in [4.69, 9.17) is 16.1 Å². The molecule has 1 aliphatic heterocycles. The van der Waals surface area contributed by atoms with Gasteiger partial charge >= 0.3 is 0 Å². The van der Waals surface area contributed by atoms with Gasteiger partial charge in [0.05, 0.1) is 5.69 Å². The minimum atomic E-state index is -3.61. The molecule has 1 atom stereocenters. The zero-order chi connectivity index (χ0) is 23.2. The largest absolute Gasteiger partial charge is 0.356 e. The number of halogens is 2. The van der Waals surface area contributed by atoms with Gasteiger partial charge in [0, 0.05) is 33.8 Å². The number of hydrogen-bond acceptors (Lipinski definition) is 6. The van der Waals surface area contributed by atoms with E-state index in [9.17, 15) is 12.8 Å². The molecule has 0 unspecified atom stereocenters. The van der Waals surface area contributed by atoms with Crippen LogP contribution in [-0.2, 0) is 16.4 Å². The van der Waals surface area contributed by atoms with Gasteiger partial charge in [0.25, 0.3) is 10.0 Å². The summed E-state index contributed by atoms with van der Waals surface area (Å²) in [6.45, 7) is 4.15. The molecule has 10 heteroatoms. The molecular weight excluding hydrogens is 485 g/mol. The van der Waals surface area contributed by atoms with Gasteiger partial charge in [-0.3, -0.25) is 0 Å². The average Bonchev–Trinajstić information content (AvgIpc) is 3.46. The molecule has 4 aromatic rings. The van der Waals surface area contributed by atoms with Crippen LogP contribution in [0.1, 0.15) is 24.1 Å². The van der Waals surface area contributed by atoms with Crippen LogP contribution in [0, 0.1) is 12.7 Å². The second-order valence-electron chi connectivity index (χ2n) is 8.44. The minimum absolute atomic E-state index is 0.126. The third-order valence-corrected chi connectivity index (χ3v) is 9.74. The molecule has 2 aromatic heterocycles. The zero-order valence-corrected chi connectivity index (χ0v) is 20.4. The van der Waals surface area contributed by atoms with Gasteiger partial charge in [-0.15, -0.1) is 11.3 Å². The quantitative estimate of drug-likeness (QED) is 0.375. The smallest absolute Gasteiger partial charge is 0.250 e. The van der Waals surface area contributed by atoms with E-state index >= 15 is 0 Å². The summed E-state index contributed by atoms with van der Waals surface area (Å²) in [6, 6.07) is 9.77. The van der Waals surface area contributed by atoms with Crippen molar-refractivity contribution >= 4 is 54.0 Å². The Balaban J connectivity index is 1.18. The second kappa shape index (κ2) is 8.96. The minimum Gasteiger partial charge on any atom is -0.356 e. The number of hydrogen-bond donors (Lipinski definition) is 1. The van der Waals surface area contributed by atoms with Crippen molar-refractivity contribution in [3.8, 4) is 0 Å². The van der Waals surface area contributed by atoms with Gasteiger partial charge in [-0.1, -0.05) is 16.8 Å². The molecule has 2 aromatic carbocycles. The first-order chi connectivity index (χ1) is 15.8. The highest BCUT2D eigenvalue weighted by atomic mass is 35.5. The second-order valence-corrected chi connectivity index (χ2v) is 11.8. The SMILES string of the molecule is Cc1c(S(=O)(=O)N[C@H]2CCN(CCCc3noc4cc(F)ccc34)C2)sc2ccc(Cl)cc12. The van der Waals surface area contributed by atoms with E-state index in [1.807, 2.05) is 19.1 Å². The standard InChI is InChI=1S/C23H23ClFN3O3S2/c1-14-19-11-15(24)4-7-22(19)32-23(14)33(29,30)27-17-8-10-28(13-17)9-2-3-20-18-6-5-16(25)12-21(18)31-26-20/h4-7,11-12,17,27H,2-3,8-10,13H2,1H3/t17-/m0/s1. The third-order valence-electron chi connectivity index (χ3n) is 6.09. The molecule has 6 nitrogen and oxygen atoms in total. The summed E-state index contributed by atoms with van der Waals surface area (Å²) in [6.07, 6.45) is 2.34. The molecule has 0 radical (unpaired) electrons.